The Bertz CT molecular complexity index is 646. The topological polar surface area (TPSA) is 66.6 Å². The molecule has 1 aliphatic heterocycles. The number of sulfonamides is 1. The molecular formula is C14H22FN3O2S. The average molecular weight is 315 g/mol. The normalized spacial score (nSPS) is 23.9. The van der Waals surface area contributed by atoms with Gasteiger partial charge in [-0.2, -0.15) is 4.31 Å². The maximum atomic E-state index is 14.2. The zero-order valence-electron chi connectivity index (χ0n) is 12.8. The van der Waals surface area contributed by atoms with Crippen molar-refractivity contribution in [3.63, 3.8) is 0 Å². The van der Waals surface area contributed by atoms with E-state index in [2.05, 4.69) is 0 Å². The van der Waals surface area contributed by atoms with Gasteiger partial charge < -0.3 is 10.6 Å². The van der Waals surface area contributed by atoms with Crippen LogP contribution in [0.25, 0.3) is 0 Å². The van der Waals surface area contributed by atoms with Crippen molar-refractivity contribution < 1.29 is 12.8 Å². The average Bonchev–Trinajstić information content (AvgIpc) is 2.76. The van der Waals surface area contributed by atoms with Gasteiger partial charge >= 0.3 is 0 Å². The van der Waals surface area contributed by atoms with Crippen LogP contribution in [-0.4, -0.2) is 50.8 Å². The van der Waals surface area contributed by atoms with Crippen molar-refractivity contribution in [2.45, 2.75) is 24.8 Å². The molecule has 118 valence electrons. The van der Waals surface area contributed by atoms with Gasteiger partial charge in [-0.25, -0.2) is 12.8 Å². The fourth-order valence-corrected chi connectivity index (χ4v) is 4.60. The molecule has 0 amide bonds. The van der Waals surface area contributed by atoms with Crippen LogP contribution in [0.2, 0.25) is 0 Å². The first kappa shape index (κ1) is 16.2. The van der Waals surface area contributed by atoms with Crippen molar-refractivity contribution >= 4 is 15.7 Å². The molecule has 0 spiro atoms. The number of anilines is 1. The molecule has 0 aromatic heterocycles. The number of hydrogen-bond acceptors (Lipinski definition) is 4. The van der Waals surface area contributed by atoms with Crippen molar-refractivity contribution in [2.24, 2.45) is 5.92 Å². The quantitative estimate of drug-likeness (QED) is 0.854. The largest absolute Gasteiger partial charge is 0.399 e. The van der Waals surface area contributed by atoms with Crippen LogP contribution in [0.3, 0.4) is 0 Å². The van der Waals surface area contributed by atoms with E-state index < -0.39 is 15.8 Å². The molecule has 21 heavy (non-hydrogen) atoms. The van der Waals surface area contributed by atoms with Crippen molar-refractivity contribution in [1.29, 1.82) is 0 Å². The maximum absolute atomic E-state index is 14.2. The van der Waals surface area contributed by atoms with Gasteiger partial charge in [0, 0.05) is 24.8 Å². The Labute approximate surface area is 125 Å². The van der Waals surface area contributed by atoms with E-state index in [1.54, 1.807) is 0 Å². The molecule has 1 aromatic rings. The lowest BCUT2D eigenvalue weighted by atomic mass is 10.1. The van der Waals surface area contributed by atoms with E-state index in [1.165, 1.54) is 23.4 Å². The van der Waals surface area contributed by atoms with Crippen LogP contribution >= 0.6 is 0 Å². The molecule has 2 rings (SSSR count). The van der Waals surface area contributed by atoms with Crippen molar-refractivity contribution in [2.75, 3.05) is 32.9 Å². The van der Waals surface area contributed by atoms with Crippen LogP contribution in [0.5, 0.6) is 0 Å². The zero-order chi connectivity index (χ0) is 15.9. The van der Waals surface area contributed by atoms with E-state index in [0.29, 0.717) is 13.1 Å². The SMILES string of the molecule is Cc1cc(N)cc(S(=O)(=O)N2CC(C)C(N(C)C)C2)c1F. The highest BCUT2D eigenvalue weighted by atomic mass is 32.2. The fourth-order valence-electron chi connectivity index (χ4n) is 2.87. The summed E-state index contributed by atoms with van der Waals surface area (Å²) in [5.74, 6) is -0.523. The maximum Gasteiger partial charge on any atom is 0.246 e. The summed E-state index contributed by atoms with van der Waals surface area (Å²) in [5.41, 5.74) is 6.16. The van der Waals surface area contributed by atoms with Gasteiger partial charge in [-0.1, -0.05) is 6.92 Å². The third-order valence-corrected chi connectivity index (χ3v) is 5.89. The molecule has 2 N–H and O–H groups in total. The van der Waals surface area contributed by atoms with Crippen molar-refractivity contribution in [1.82, 2.24) is 9.21 Å². The standard InChI is InChI=1S/C14H22FN3O2S/c1-9-5-11(16)6-13(14(9)15)21(19,20)18-7-10(2)12(8-18)17(3)4/h5-6,10,12H,7-8,16H2,1-4H3. The highest BCUT2D eigenvalue weighted by Crippen LogP contribution is 2.29. The number of halogens is 1. The van der Waals surface area contributed by atoms with Crippen LogP contribution in [0, 0.1) is 18.7 Å². The molecule has 2 unspecified atom stereocenters. The van der Waals surface area contributed by atoms with Crippen molar-refractivity contribution in [3.8, 4) is 0 Å². The molecule has 0 saturated carbocycles. The summed E-state index contributed by atoms with van der Waals surface area (Å²) in [6.45, 7) is 4.27. The Balaban J connectivity index is 2.41. The van der Waals surface area contributed by atoms with E-state index in [4.69, 9.17) is 5.73 Å². The summed E-state index contributed by atoms with van der Waals surface area (Å²) < 4.78 is 40.9. The lowest BCUT2D eigenvalue weighted by molar-refractivity contribution is 0.263. The molecule has 5 nitrogen and oxygen atoms in total. The van der Waals surface area contributed by atoms with Crippen LogP contribution < -0.4 is 5.73 Å². The summed E-state index contributed by atoms with van der Waals surface area (Å²) in [6, 6.07) is 2.76. The van der Waals surface area contributed by atoms with E-state index in [0.717, 1.165) is 0 Å². The number of aryl methyl sites for hydroxylation is 1. The third kappa shape index (κ3) is 2.90. The zero-order valence-corrected chi connectivity index (χ0v) is 13.6. The monoisotopic (exact) mass is 315 g/mol. The molecule has 2 atom stereocenters. The number of rotatable bonds is 3. The highest BCUT2D eigenvalue weighted by molar-refractivity contribution is 7.89. The summed E-state index contributed by atoms with van der Waals surface area (Å²) in [7, 11) is -0.0237. The van der Waals surface area contributed by atoms with E-state index >= 15 is 0 Å². The second-order valence-corrected chi connectivity index (χ2v) is 7.89. The third-order valence-electron chi connectivity index (χ3n) is 4.06. The summed E-state index contributed by atoms with van der Waals surface area (Å²) in [5, 5.41) is 0. The molecule has 7 heteroatoms. The number of nitrogen functional groups attached to an aromatic ring is 1. The first-order chi connectivity index (χ1) is 9.64. The number of nitrogens with zero attached hydrogens (tertiary/aromatic N) is 2. The van der Waals surface area contributed by atoms with E-state index in [-0.39, 0.29) is 28.1 Å². The lowest BCUT2D eigenvalue weighted by Gasteiger charge is -2.22. The molecule has 1 aliphatic rings. The van der Waals surface area contributed by atoms with Gasteiger partial charge in [0.1, 0.15) is 10.7 Å². The number of likely N-dealkylation sites (N-methyl/N-ethyl adjacent to an activating group) is 1. The number of nitrogens with two attached hydrogens (primary N) is 1. The Hall–Kier alpha value is -1.18. The van der Waals surface area contributed by atoms with Gasteiger partial charge in [-0.05, 0) is 44.6 Å². The Morgan fingerprint density at radius 2 is 1.95 bits per heavy atom. The minimum Gasteiger partial charge on any atom is -0.399 e. The van der Waals surface area contributed by atoms with Gasteiger partial charge in [0.15, 0.2) is 0 Å². The van der Waals surface area contributed by atoms with Gasteiger partial charge in [-0.15, -0.1) is 0 Å². The predicted molar refractivity (Wildman–Crippen MR) is 80.9 cm³/mol. The molecule has 1 saturated heterocycles. The molecule has 1 heterocycles. The second kappa shape index (κ2) is 5.55. The second-order valence-electron chi connectivity index (χ2n) is 5.98. The van der Waals surface area contributed by atoms with Crippen molar-refractivity contribution in [3.05, 3.63) is 23.5 Å². The van der Waals surface area contributed by atoms with Gasteiger partial charge in [-0.3, -0.25) is 0 Å². The Morgan fingerprint density at radius 1 is 1.33 bits per heavy atom. The first-order valence-corrected chi connectivity index (χ1v) is 8.30. The van der Waals surface area contributed by atoms with Crippen LogP contribution in [0.1, 0.15) is 12.5 Å². The van der Waals surface area contributed by atoms with Gasteiger partial charge in [0.05, 0.1) is 0 Å². The smallest absolute Gasteiger partial charge is 0.246 e. The molecular weight excluding hydrogens is 293 g/mol. The molecule has 0 aliphatic carbocycles. The highest BCUT2D eigenvalue weighted by Gasteiger charge is 2.39. The molecule has 0 bridgehead atoms. The molecule has 1 fully saturated rings. The van der Waals surface area contributed by atoms with Gasteiger partial charge in [0.25, 0.3) is 0 Å². The summed E-state index contributed by atoms with van der Waals surface area (Å²) in [6.07, 6.45) is 0. The lowest BCUT2D eigenvalue weighted by Crippen LogP contribution is -2.36. The number of hydrogen-bond donors (Lipinski definition) is 1. The fraction of sp³-hybridized carbons (Fsp3) is 0.571. The van der Waals surface area contributed by atoms with Crippen LogP contribution in [0.4, 0.5) is 10.1 Å². The van der Waals surface area contributed by atoms with Crippen LogP contribution in [0.15, 0.2) is 17.0 Å². The minimum absolute atomic E-state index is 0.130. The summed E-state index contributed by atoms with van der Waals surface area (Å²) >= 11 is 0. The first-order valence-electron chi connectivity index (χ1n) is 6.86. The van der Waals surface area contributed by atoms with Gasteiger partial charge in [0.2, 0.25) is 10.0 Å². The number of benzene rings is 1. The molecule has 1 aromatic carbocycles. The molecule has 0 radical (unpaired) electrons. The summed E-state index contributed by atoms with van der Waals surface area (Å²) in [4.78, 5) is 1.67. The van der Waals surface area contributed by atoms with Crippen LogP contribution in [-0.2, 0) is 10.0 Å². The Morgan fingerprint density at radius 3 is 2.48 bits per heavy atom. The van der Waals surface area contributed by atoms with E-state index in [1.807, 2.05) is 25.9 Å². The predicted octanol–water partition coefficient (Wildman–Crippen LogP) is 1.29. The minimum atomic E-state index is -3.86. The van der Waals surface area contributed by atoms with E-state index in [9.17, 15) is 12.8 Å². The Kier molecular flexibility index (Phi) is 4.28.